The molecule has 9 heteroatoms. The van der Waals surface area contributed by atoms with E-state index in [1.54, 1.807) is 55.6 Å². The number of amides is 2. The van der Waals surface area contributed by atoms with Gasteiger partial charge in [-0.2, -0.15) is 0 Å². The highest BCUT2D eigenvalue weighted by Crippen LogP contribution is 2.21. The molecule has 3 rings (SSSR count). The second-order valence-corrected chi connectivity index (χ2v) is 8.16. The maximum Gasteiger partial charge on any atom is 0.257 e. The summed E-state index contributed by atoms with van der Waals surface area (Å²) >= 11 is 8.70. The maximum absolute atomic E-state index is 12.2. The summed E-state index contributed by atoms with van der Waals surface area (Å²) in [5.74, 6) is 1.25. The van der Waals surface area contributed by atoms with E-state index in [9.17, 15) is 9.59 Å². The van der Waals surface area contributed by atoms with Crippen LogP contribution < -0.4 is 15.4 Å². The number of carbonyl (C=O) groups is 2. The number of aromatic nitrogens is 1. The Kier molecular flexibility index (Phi) is 7.51. The molecular weight excluding hydrogens is 430 g/mol. The number of ether oxygens (including phenoxy) is 1. The van der Waals surface area contributed by atoms with E-state index >= 15 is 0 Å². The molecule has 1 heterocycles. The van der Waals surface area contributed by atoms with Crippen molar-refractivity contribution in [2.24, 2.45) is 0 Å². The van der Waals surface area contributed by atoms with Crippen LogP contribution in [-0.4, -0.2) is 29.7 Å². The van der Waals surface area contributed by atoms with Crippen LogP contribution in [0.1, 0.15) is 16.1 Å². The first-order valence-electron chi connectivity index (χ1n) is 8.56. The smallest absolute Gasteiger partial charge is 0.257 e. The topological polar surface area (TPSA) is 80.3 Å². The zero-order valence-electron chi connectivity index (χ0n) is 15.5. The zero-order valence-corrected chi connectivity index (χ0v) is 17.9. The van der Waals surface area contributed by atoms with Crippen LogP contribution in [0.2, 0.25) is 5.02 Å². The normalized spacial score (nSPS) is 10.4. The number of hydrogen-bond acceptors (Lipinski definition) is 6. The molecule has 0 radical (unpaired) electrons. The molecule has 0 fully saturated rings. The van der Waals surface area contributed by atoms with Crippen molar-refractivity contribution in [1.29, 1.82) is 0 Å². The molecule has 0 unspecified atom stereocenters. The molecule has 1 aromatic heterocycles. The van der Waals surface area contributed by atoms with Crippen molar-refractivity contribution in [3.05, 3.63) is 70.2 Å². The number of methoxy groups -OCH3 is 1. The van der Waals surface area contributed by atoms with Crippen molar-refractivity contribution >= 4 is 57.3 Å². The van der Waals surface area contributed by atoms with Crippen LogP contribution in [0, 0.1) is 0 Å². The predicted molar refractivity (Wildman–Crippen MR) is 119 cm³/mol. The SMILES string of the molecule is COc1ccc(NC(=O)CSCc2csc(NC(=O)c3cccc(Cl)c3)n2)cc1. The number of benzene rings is 2. The molecule has 0 saturated heterocycles. The average molecular weight is 448 g/mol. The minimum atomic E-state index is -0.264. The molecule has 2 N–H and O–H groups in total. The first kappa shape index (κ1) is 21.2. The minimum Gasteiger partial charge on any atom is -0.497 e. The summed E-state index contributed by atoms with van der Waals surface area (Å²) in [4.78, 5) is 28.7. The number of thiazole rings is 1. The number of nitrogens with zero attached hydrogens (tertiary/aromatic N) is 1. The number of carbonyl (C=O) groups excluding carboxylic acids is 2. The first-order chi connectivity index (χ1) is 14.0. The lowest BCUT2D eigenvalue weighted by Crippen LogP contribution is -2.14. The van der Waals surface area contributed by atoms with Gasteiger partial charge in [0.1, 0.15) is 5.75 Å². The van der Waals surface area contributed by atoms with Crippen LogP contribution in [0.4, 0.5) is 10.8 Å². The van der Waals surface area contributed by atoms with Crippen molar-refractivity contribution in [3.63, 3.8) is 0 Å². The van der Waals surface area contributed by atoms with E-state index in [0.717, 1.165) is 17.1 Å². The molecule has 0 bridgehead atoms. The Balaban J connectivity index is 1.44. The van der Waals surface area contributed by atoms with Gasteiger partial charge in [0.25, 0.3) is 5.91 Å². The Morgan fingerprint density at radius 2 is 1.97 bits per heavy atom. The molecule has 0 saturated carbocycles. The van der Waals surface area contributed by atoms with Crippen LogP contribution in [-0.2, 0) is 10.5 Å². The third-order valence-corrected chi connectivity index (χ3v) is 5.72. The molecule has 3 aromatic rings. The Hall–Kier alpha value is -2.55. The van der Waals surface area contributed by atoms with Gasteiger partial charge in [-0.05, 0) is 42.5 Å². The van der Waals surface area contributed by atoms with Gasteiger partial charge in [-0.15, -0.1) is 23.1 Å². The molecule has 2 aromatic carbocycles. The fourth-order valence-corrected chi connectivity index (χ4v) is 4.07. The minimum absolute atomic E-state index is 0.0927. The largest absolute Gasteiger partial charge is 0.497 e. The van der Waals surface area contributed by atoms with E-state index in [4.69, 9.17) is 16.3 Å². The lowest BCUT2D eigenvalue weighted by molar-refractivity contribution is -0.113. The van der Waals surface area contributed by atoms with Gasteiger partial charge in [0.15, 0.2) is 5.13 Å². The molecule has 0 aliphatic carbocycles. The summed E-state index contributed by atoms with van der Waals surface area (Å²) < 4.78 is 5.09. The second kappa shape index (κ2) is 10.3. The summed E-state index contributed by atoms with van der Waals surface area (Å²) in [6.45, 7) is 0. The fraction of sp³-hybridized carbons (Fsp3) is 0.150. The van der Waals surface area contributed by atoms with Crippen molar-refractivity contribution in [3.8, 4) is 5.75 Å². The van der Waals surface area contributed by atoms with E-state index in [1.165, 1.54) is 23.1 Å². The maximum atomic E-state index is 12.2. The quantitative estimate of drug-likeness (QED) is 0.511. The summed E-state index contributed by atoms with van der Waals surface area (Å²) in [7, 11) is 1.59. The second-order valence-electron chi connectivity index (χ2n) is 5.88. The number of rotatable bonds is 8. The Morgan fingerprint density at radius 3 is 2.69 bits per heavy atom. The molecule has 0 aliphatic rings. The van der Waals surface area contributed by atoms with Gasteiger partial charge in [-0.1, -0.05) is 17.7 Å². The summed E-state index contributed by atoms with van der Waals surface area (Å²) in [5, 5.41) is 8.46. The van der Waals surface area contributed by atoms with Crippen molar-refractivity contribution in [1.82, 2.24) is 4.98 Å². The molecule has 150 valence electrons. The third-order valence-electron chi connectivity index (χ3n) is 3.72. The number of nitrogens with one attached hydrogen (secondary N) is 2. The lowest BCUT2D eigenvalue weighted by Gasteiger charge is -2.06. The molecule has 2 amide bonds. The van der Waals surface area contributed by atoms with Gasteiger partial charge in [-0.25, -0.2) is 4.98 Å². The monoisotopic (exact) mass is 447 g/mol. The van der Waals surface area contributed by atoms with Crippen LogP contribution in [0.15, 0.2) is 53.9 Å². The van der Waals surface area contributed by atoms with Crippen LogP contribution in [0.25, 0.3) is 0 Å². The molecular formula is C20H18ClN3O3S2. The highest BCUT2D eigenvalue weighted by atomic mass is 35.5. The number of thioether (sulfide) groups is 1. The lowest BCUT2D eigenvalue weighted by atomic mass is 10.2. The van der Waals surface area contributed by atoms with Crippen molar-refractivity contribution in [2.45, 2.75) is 5.75 Å². The van der Waals surface area contributed by atoms with Crippen LogP contribution in [0.5, 0.6) is 5.75 Å². The van der Waals surface area contributed by atoms with Gasteiger partial charge < -0.3 is 10.1 Å². The van der Waals surface area contributed by atoms with E-state index in [0.29, 0.717) is 27.2 Å². The fourth-order valence-electron chi connectivity index (χ4n) is 2.35. The van der Waals surface area contributed by atoms with Crippen LogP contribution >= 0.6 is 34.7 Å². The average Bonchev–Trinajstić information content (AvgIpc) is 3.15. The highest BCUT2D eigenvalue weighted by Gasteiger charge is 2.10. The summed E-state index contributed by atoms with van der Waals surface area (Å²) in [6.07, 6.45) is 0. The standard InChI is InChI=1S/C20H18ClN3O3S2/c1-27-17-7-5-15(6-8-17)22-18(25)12-28-10-16-11-29-20(23-16)24-19(26)13-3-2-4-14(21)9-13/h2-9,11H,10,12H2,1H3,(H,22,25)(H,23,24,26). The summed E-state index contributed by atoms with van der Waals surface area (Å²) in [6, 6.07) is 13.9. The first-order valence-corrected chi connectivity index (χ1v) is 11.0. The Morgan fingerprint density at radius 1 is 1.17 bits per heavy atom. The molecule has 0 atom stereocenters. The number of hydrogen-bond donors (Lipinski definition) is 2. The molecule has 29 heavy (non-hydrogen) atoms. The van der Waals surface area contributed by atoms with Gasteiger partial charge in [0, 0.05) is 27.4 Å². The van der Waals surface area contributed by atoms with Gasteiger partial charge in [0.2, 0.25) is 5.91 Å². The third kappa shape index (κ3) is 6.49. The van der Waals surface area contributed by atoms with E-state index in [2.05, 4.69) is 15.6 Å². The van der Waals surface area contributed by atoms with E-state index in [1.807, 2.05) is 5.38 Å². The number of anilines is 2. The van der Waals surface area contributed by atoms with Gasteiger partial charge in [0.05, 0.1) is 18.6 Å². The Labute approximate surface area is 181 Å². The zero-order chi connectivity index (χ0) is 20.6. The van der Waals surface area contributed by atoms with Crippen molar-refractivity contribution in [2.75, 3.05) is 23.5 Å². The van der Waals surface area contributed by atoms with E-state index < -0.39 is 0 Å². The molecule has 6 nitrogen and oxygen atoms in total. The van der Waals surface area contributed by atoms with Crippen molar-refractivity contribution < 1.29 is 14.3 Å². The molecule has 0 aliphatic heterocycles. The van der Waals surface area contributed by atoms with Crippen LogP contribution in [0.3, 0.4) is 0 Å². The number of halogens is 1. The predicted octanol–water partition coefficient (Wildman–Crippen LogP) is 4.93. The Bertz CT molecular complexity index is 993. The summed E-state index contributed by atoms with van der Waals surface area (Å²) in [5.41, 5.74) is 1.99. The highest BCUT2D eigenvalue weighted by molar-refractivity contribution is 7.99. The molecule has 0 spiro atoms. The van der Waals surface area contributed by atoms with Gasteiger partial charge in [-0.3, -0.25) is 14.9 Å². The van der Waals surface area contributed by atoms with E-state index in [-0.39, 0.29) is 11.8 Å². The van der Waals surface area contributed by atoms with Gasteiger partial charge >= 0.3 is 0 Å².